The molecule has 0 fully saturated rings. The van der Waals surface area contributed by atoms with E-state index in [9.17, 15) is 4.79 Å². The first-order chi connectivity index (χ1) is 7.46. The Balaban J connectivity index is 2.78. The van der Waals surface area contributed by atoms with Gasteiger partial charge in [-0.25, -0.2) is 4.98 Å². The van der Waals surface area contributed by atoms with Gasteiger partial charge in [-0.2, -0.15) is 0 Å². The van der Waals surface area contributed by atoms with Crippen LogP contribution < -0.4 is 11.1 Å². The third-order valence-electron chi connectivity index (χ3n) is 2.76. The van der Waals surface area contributed by atoms with E-state index in [2.05, 4.69) is 31.1 Å². The van der Waals surface area contributed by atoms with Gasteiger partial charge in [-0.3, -0.25) is 4.79 Å². The lowest BCUT2D eigenvalue weighted by atomic mass is 9.90. The van der Waals surface area contributed by atoms with E-state index >= 15 is 0 Å². The van der Waals surface area contributed by atoms with Gasteiger partial charge in [0.2, 0.25) is 0 Å². The maximum atomic E-state index is 11.2. The standard InChI is InChI=1S/C12H19N3O/c1-4-12(2,3)8-15-11-9(10(13)16)6-5-7-14-11/h5-7H,4,8H2,1-3H3,(H2,13,16)(H,14,15). The Morgan fingerprint density at radius 2 is 2.25 bits per heavy atom. The maximum absolute atomic E-state index is 11.2. The SMILES string of the molecule is CCC(C)(C)CNc1ncccc1C(N)=O. The summed E-state index contributed by atoms with van der Waals surface area (Å²) in [5, 5.41) is 3.17. The number of primary amides is 1. The number of hydrogen-bond acceptors (Lipinski definition) is 3. The first-order valence-corrected chi connectivity index (χ1v) is 5.45. The maximum Gasteiger partial charge on any atom is 0.252 e. The number of nitrogens with one attached hydrogen (secondary N) is 1. The average Bonchev–Trinajstić information content (AvgIpc) is 2.27. The van der Waals surface area contributed by atoms with Crippen LogP contribution in [0, 0.1) is 5.41 Å². The molecule has 0 spiro atoms. The molecule has 0 aliphatic heterocycles. The molecule has 0 aromatic carbocycles. The number of nitrogens with two attached hydrogens (primary N) is 1. The fourth-order valence-corrected chi connectivity index (χ4v) is 1.19. The van der Waals surface area contributed by atoms with Gasteiger partial charge in [0.15, 0.2) is 0 Å². The van der Waals surface area contributed by atoms with Crippen molar-refractivity contribution in [2.75, 3.05) is 11.9 Å². The second kappa shape index (κ2) is 4.96. The molecule has 1 amide bonds. The highest BCUT2D eigenvalue weighted by Gasteiger charge is 2.16. The van der Waals surface area contributed by atoms with Crippen LogP contribution in [0.25, 0.3) is 0 Å². The minimum atomic E-state index is -0.454. The molecule has 0 saturated carbocycles. The molecular weight excluding hydrogens is 202 g/mol. The third-order valence-corrected chi connectivity index (χ3v) is 2.76. The van der Waals surface area contributed by atoms with Gasteiger partial charge in [0, 0.05) is 12.7 Å². The second-order valence-electron chi connectivity index (χ2n) is 4.64. The van der Waals surface area contributed by atoms with E-state index in [0.717, 1.165) is 13.0 Å². The van der Waals surface area contributed by atoms with Crippen molar-refractivity contribution in [2.24, 2.45) is 11.1 Å². The Morgan fingerprint density at radius 1 is 1.56 bits per heavy atom. The van der Waals surface area contributed by atoms with Crippen molar-refractivity contribution in [2.45, 2.75) is 27.2 Å². The van der Waals surface area contributed by atoms with Crippen molar-refractivity contribution in [3.63, 3.8) is 0 Å². The van der Waals surface area contributed by atoms with Crippen LogP contribution in [0.4, 0.5) is 5.82 Å². The van der Waals surface area contributed by atoms with Crippen LogP contribution in [-0.2, 0) is 0 Å². The molecule has 0 bridgehead atoms. The molecule has 0 unspecified atom stereocenters. The number of anilines is 1. The molecule has 0 aliphatic carbocycles. The van der Waals surface area contributed by atoms with Crippen LogP contribution in [0.3, 0.4) is 0 Å². The quantitative estimate of drug-likeness (QED) is 0.799. The van der Waals surface area contributed by atoms with Crippen LogP contribution in [-0.4, -0.2) is 17.4 Å². The molecule has 1 aromatic heterocycles. The smallest absolute Gasteiger partial charge is 0.252 e. The lowest BCUT2D eigenvalue weighted by molar-refractivity contribution is 0.100. The van der Waals surface area contributed by atoms with Crippen molar-refractivity contribution in [1.82, 2.24) is 4.98 Å². The number of aromatic nitrogens is 1. The normalized spacial score (nSPS) is 11.2. The van der Waals surface area contributed by atoms with E-state index in [4.69, 9.17) is 5.73 Å². The minimum absolute atomic E-state index is 0.173. The Hall–Kier alpha value is -1.58. The number of carbonyl (C=O) groups excluding carboxylic acids is 1. The van der Waals surface area contributed by atoms with Crippen LogP contribution in [0.2, 0.25) is 0 Å². The molecule has 0 saturated heterocycles. The van der Waals surface area contributed by atoms with Crippen molar-refractivity contribution in [1.29, 1.82) is 0 Å². The van der Waals surface area contributed by atoms with Crippen LogP contribution in [0.5, 0.6) is 0 Å². The number of amides is 1. The van der Waals surface area contributed by atoms with Crippen molar-refractivity contribution in [3.05, 3.63) is 23.9 Å². The molecule has 1 rings (SSSR count). The van der Waals surface area contributed by atoms with Crippen molar-refractivity contribution < 1.29 is 4.79 Å². The van der Waals surface area contributed by atoms with E-state index in [1.807, 2.05) is 0 Å². The Morgan fingerprint density at radius 3 is 2.81 bits per heavy atom. The first kappa shape index (κ1) is 12.5. The zero-order valence-electron chi connectivity index (χ0n) is 10.1. The summed E-state index contributed by atoms with van der Waals surface area (Å²) >= 11 is 0. The van der Waals surface area contributed by atoms with E-state index in [1.165, 1.54) is 0 Å². The van der Waals surface area contributed by atoms with E-state index < -0.39 is 5.91 Å². The lowest BCUT2D eigenvalue weighted by Gasteiger charge is -2.23. The molecule has 4 heteroatoms. The van der Waals surface area contributed by atoms with Gasteiger partial charge in [-0.15, -0.1) is 0 Å². The number of pyridine rings is 1. The fourth-order valence-electron chi connectivity index (χ4n) is 1.19. The lowest BCUT2D eigenvalue weighted by Crippen LogP contribution is -2.24. The highest BCUT2D eigenvalue weighted by molar-refractivity contribution is 5.97. The Labute approximate surface area is 96.3 Å². The number of carbonyl (C=O) groups is 1. The molecule has 16 heavy (non-hydrogen) atoms. The zero-order valence-corrected chi connectivity index (χ0v) is 10.1. The highest BCUT2D eigenvalue weighted by Crippen LogP contribution is 2.21. The fraction of sp³-hybridized carbons (Fsp3) is 0.500. The van der Waals surface area contributed by atoms with E-state index in [0.29, 0.717) is 11.4 Å². The first-order valence-electron chi connectivity index (χ1n) is 5.45. The summed E-state index contributed by atoms with van der Waals surface area (Å²) in [5.41, 5.74) is 5.88. The van der Waals surface area contributed by atoms with E-state index in [-0.39, 0.29) is 5.41 Å². The van der Waals surface area contributed by atoms with Gasteiger partial charge < -0.3 is 11.1 Å². The summed E-state index contributed by atoms with van der Waals surface area (Å²) in [6.07, 6.45) is 2.70. The van der Waals surface area contributed by atoms with Crippen molar-refractivity contribution in [3.8, 4) is 0 Å². The number of hydrogen-bond donors (Lipinski definition) is 2. The molecule has 1 heterocycles. The van der Waals surface area contributed by atoms with Gasteiger partial charge in [-0.05, 0) is 24.0 Å². The van der Waals surface area contributed by atoms with Gasteiger partial charge in [0.05, 0.1) is 5.56 Å². The van der Waals surface area contributed by atoms with Gasteiger partial charge >= 0.3 is 0 Å². The van der Waals surface area contributed by atoms with E-state index in [1.54, 1.807) is 18.3 Å². The molecule has 0 aliphatic rings. The number of nitrogens with zero attached hydrogens (tertiary/aromatic N) is 1. The number of rotatable bonds is 5. The molecule has 3 N–H and O–H groups in total. The molecule has 1 aromatic rings. The van der Waals surface area contributed by atoms with Crippen LogP contribution >= 0.6 is 0 Å². The largest absolute Gasteiger partial charge is 0.369 e. The summed E-state index contributed by atoms with van der Waals surface area (Å²) in [7, 11) is 0. The molecular formula is C12H19N3O. The summed E-state index contributed by atoms with van der Waals surface area (Å²) < 4.78 is 0. The minimum Gasteiger partial charge on any atom is -0.369 e. The Kier molecular flexibility index (Phi) is 3.88. The molecule has 4 nitrogen and oxygen atoms in total. The van der Waals surface area contributed by atoms with Crippen LogP contribution in [0.1, 0.15) is 37.6 Å². The second-order valence-corrected chi connectivity index (χ2v) is 4.64. The predicted molar refractivity (Wildman–Crippen MR) is 65.3 cm³/mol. The zero-order chi connectivity index (χ0) is 12.2. The van der Waals surface area contributed by atoms with Crippen molar-refractivity contribution >= 4 is 11.7 Å². The molecule has 0 radical (unpaired) electrons. The summed E-state index contributed by atoms with van der Waals surface area (Å²) in [6, 6.07) is 3.38. The summed E-state index contributed by atoms with van der Waals surface area (Å²) in [6.45, 7) is 7.22. The molecule has 0 atom stereocenters. The average molecular weight is 221 g/mol. The monoisotopic (exact) mass is 221 g/mol. The summed E-state index contributed by atoms with van der Waals surface area (Å²) in [5.74, 6) is 0.112. The summed E-state index contributed by atoms with van der Waals surface area (Å²) in [4.78, 5) is 15.3. The Bertz CT molecular complexity index is 374. The van der Waals surface area contributed by atoms with Crippen LogP contribution in [0.15, 0.2) is 18.3 Å². The van der Waals surface area contributed by atoms with Gasteiger partial charge in [0.1, 0.15) is 5.82 Å². The predicted octanol–water partition coefficient (Wildman–Crippen LogP) is 2.03. The topological polar surface area (TPSA) is 68.0 Å². The highest BCUT2D eigenvalue weighted by atomic mass is 16.1. The third kappa shape index (κ3) is 3.22. The van der Waals surface area contributed by atoms with Gasteiger partial charge in [-0.1, -0.05) is 20.8 Å². The van der Waals surface area contributed by atoms with Gasteiger partial charge in [0.25, 0.3) is 5.91 Å². The molecule has 88 valence electrons.